The number of thiophene rings is 1. The van der Waals surface area contributed by atoms with Gasteiger partial charge in [0.05, 0.1) is 20.8 Å². The van der Waals surface area contributed by atoms with Crippen molar-refractivity contribution in [3.8, 4) is 11.5 Å². The van der Waals surface area contributed by atoms with Gasteiger partial charge in [-0.2, -0.15) is 0 Å². The molecule has 1 N–H and O–H groups in total. The summed E-state index contributed by atoms with van der Waals surface area (Å²) in [4.78, 5) is 34.5. The van der Waals surface area contributed by atoms with Gasteiger partial charge in [-0.15, -0.1) is 11.3 Å². The van der Waals surface area contributed by atoms with Crippen LogP contribution in [0.25, 0.3) is 0 Å². The van der Waals surface area contributed by atoms with E-state index in [1.807, 2.05) is 28.0 Å². The van der Waals surface area contributed by atoms with Crippen LogP contribution >= 0.6 is 11.3 Å². The number of amides is 3. The first-order chi connectivity index (χ1) is 21.6. The van der Waals surface area contributed by atoms with Gasteiger partial charge in [0.25, 0.3) is 0 Å². The normalized spacial score (nSPS) is 13.6. The predicted molar refractivity (Wildman–Crippen MR) is 185 cm³/mol. The van der Waals surface area contributed by atoms with Crippen LogP contribution in [0.15, 0.2) is 48.5 Å². The second kappa shape index (κ2) is 16.2. The van der Waals surface area contributed by atoms with Crippen LogP contribution in [-0.2, 0) is 17.8 Å². The summed E-state index contributed by atoms with van der Waals surface area (Å²) in [5.74, 6) is 1.82. The van der Waals surface area contributed by atoms with Crippen molar-refractivity contribution in [1.82, 2.24) is 9.80 Å². The molecule has 0 saturated heterocycles. The molecule has 0 atom stereocenters. The van der Waals surface area contributed by atoms with Crippen molar-refractivity contribution in [3.63, 3.8) is 0 Å². The van der Waals surface area contributed by atoms with Gasteiger partial charge in [-0.05, 0) is 79.0 Å². The highest BCUT2D eigenvalue weighted by Crippen LogP contribution is 2.34. The monoisotopic (exact) mass is 633 g/mol. The van der Waals surface area contributed by atoms with Gasteiger partial charge in [-0.25, -0.2) is 4.79 Å². The Morgan fingerprint density at radius 2 is 1.58 bits per heavy atom. The average Bonchev–Trinajstić information content (AvgIpc) is 3.45. The van der Waals surface area contributed by atoms with Crippen LogP contribution in [-0.4, -0.2) is 55.1 Å². The van der Waals surface area contributed by atoms with E-state index in [9.17, 15) is 9.59 Å². The highest BCUT2D eigenvalue weighted by atomic mass is 32.1. The molecule has 4 rings (SSSR count). The van der Waals surface area contributed by atoms with Gasteiger partial charge in [0.1, 0.15) is 6.54 Å². The van der Waals surface area contributed by atoms with Crippen molar-refractivity contribution in [3.05, 3.63) is 75.0 Å². The van der Waals surface area contributed by atoms with Crippen LogP contribution in [0.2, 0.25) is 0 Å². The Morgan fingerprint density at radius 3 is 2.16 bits per heavy atom. The summed E-state index contributed by atoms with van der Waals surface area (Å²) in [5.41, 5.74) is 4.18. The summed E-state index contributed by atoms with van der Waals surface area (Å²) in [7, 11) is 3.26. The number of carbonyl (C=O) groups is 2. The maximum Gasteiger partial charge on any atom is 0.322 e. The predicted octanol–water partition coefficient (Wildman–Crippen LogP) is 8.76. The zero-order chi connectivity index (χ0) is 32.5. The fourth-order valence-electron chi connectivity index (χ4n) is 6.23. The number of hydrogen-bond acceptors (Lipinski definition) is 5. The van der Waals surface area contributed by atoms with E-state index in [1.165, 1.54) is 11.3 Å². The second-order valence-corrected chi connectivity index (χ2v) is 14.1. The van der Waals surface area contributed by atoms with Gasteiger partial charge in [0.2, 0.25) is 5.91 Å². The van der Waals surface area contributed by atoms with Gasteiger partial charge in [0.15, 0.2) is 11.5 Å². The number of rotatable bonds is 13. The Balaban J connectivity index is 1.60. The van der Waals surface area contributed by atoms with Gasteiger partial charge in [-0.3, -0.25) is 4.79 Å². The van der Waals surface area contributed by atoms with Gasteiger partial charge in [0, 0.05) is 28.0 Å². The minimum Gasteiger partial charge on any atom is -0.493 e. The molecule has 244 valence electrons. The lowest BCUT2D eigenvalue weighted by atomic mass is 9.92. The molecule has 0 bridgehead atoms. The molecule has 3 aromatic rings. The first kappa shape index (κ1) is 34.4. The maximum absolute atomic E-state index is 14.2. The Hall–Kier alpha value is -3.52. The largest absolute Gasteiger partial charge is 0.493 e. The third-order valence-electron chi connectivity index (χ3n) is 8.80. The summed E-state index contributed by atoms with van der Waals surface area (Å²) in [5, 5.41) is 3.31. The minimum atomic E-state index is -0.183. The van der Waals surface area contributed by atoms with Crippen LogP contribution in [0.5, 0.6) is 11.5 Å². The zero-order valence-electron chi connectivity index (χ0n) is 28.2. The summed E-state index contributed by atoms with van der Waals surface area (Å²) in [6.45, 7) is 11.8. The van der Waals surface area contributed by atoms with E-state index < -0.39 is 0 Å². The lowest BCUT2D eigenvalue weighted by molar-refractivity contribution is -0.132. The summed E-state index contributed by atoms with van der Waals surface area (Å²) in [6, 6.07) is 16.2. The van der Waals surface area contributed by atoms with Crippen molar-refractivity contribution in [2.24, 2.45) is 0 Å². The smallest absolute Gasteiger partial charge is 0.322 e. The number of ether oxygens (including phenoxy) is 2. The number of hydrogen-bond donors (Lipinski definition) is 1. The summed E-state index contributed by atoms with van der Waals surface area (Å²) >= 11 is 1.71. The number of aryl methyl sites for hydroxylation is 1. The molecular formula is C37H51N3O4S. The quantitative estimate of drug-likeness (QED) is 0.204. The number of urea groups is 1. The van der Waals surface area contributed by atoms with Crippen molar-refractivity contribution in [1.29, 1.82) is 0 Å². The number of methoxy groups -OCH3 is 2. The Kier molecular flexibility index (Phi) is 12.3. The highest BCUT2D eigenvalue weighted by Gasteiger charge is 2.30. The van der Waals surface area contributed by atoms with E-state index in [1.54, 1.807) is 25.6 Å². The van der Waals surface area contributed by atoms with E-state index in [0.717, 1.165) is 52.9 Å². The Morgan fingerprint density at radius 1 is 0.911 bits per heavy atom. The molecule has 1 heterocycles. The molecule has 7 nitrogen and oxygen atoms in total. The molecule has 1 saturated carbocycles. The standard InChI is InChI=1S/C37H51N3O4S/c1-25(2)31-14-11-15-32(26(3)4)36(31)38-37(42)40(29-12-9-8-10-13-29)24-35(41)39(23-30-18-16-27(5)45-30)21-20-28-17-19-33(43-6)34(22-28)44-7/h11,14-19,22,25-26,29H,8-10,12-13,20-21,23-24H2,1-7H3,(H,38,42). The van der Waals surface area contributed by atoms with Crippen molar-refractivity contribution >= 4 is 29.0 Å². The SMILES string of the molecule is COc1ccc(CCN(Cc2ccc(C)s2)C(=O)CN(C(=O)Nc2c(C(C)C)cccc2C(C)C)C2CCCCC2)cc1OC. The van der Waals surface area contributed by atoms with Crippen LogP contribution in [0, 0.1) is 6.92 Å². The highest BCUT2D eigenvalue weighted by molar-refractivity contribution is 7.11. The molecule has 1 fully saturated rings. The molecule has 1 aliphatic carbocycles. The maximum atomic E-state index is 14.2. The number of nitrogens with zero attached hydrogens (tertiary/aromatic N) is 2. The topological polar surface area (TPSA) is 71.1 Å². The van der Waals surface area contributed by atoms with E-state index in [2.05, 4.69) is 70.3 Å². The molecule has 0 aliphatic heterocycles. The Labute approximate surface area is 273 Å². The molecule has 1 aliphatic rings. The van der Waals surface area contributed by atoms with Crippen molar-refractivity contribution < 1.29 is 19.1 Å². The van der Waals surface area contributed by atoms with Crippen LogP contribution in [0.3, 0.4) is 0 Å². The van der Waals surface area contributed by atoms with Gasteiger partial charge < -0.3 is 24.6 Å². The first-order valence-electron chi connectivity index (χ1n) is 16.4. The van der Waals surface area contributed by atoms with Crippen LogP contribution < -0.4 is 14.8 Å². The summed E-state index contributed by atoms with van der Waals surface area (Å²) in [6.07, 6.45) is 5.80. The molecule has 3 amide bonds. The van der Waals surface area contributed by atoms with E-state index >= 15 is 0 Å². The first-order valence-corrected chi connectivity index (χ1v) is 17.2. The van der Waals surface area contributed by atoms with E-state index in [-0.39, 0.29) is 36.4 Å². The molecule has 2 aromatic carbocycles. The molecule has 8 heteroatoms. The van der Waals surface area contributed by atoms with Crippen LogP contribution in [0.1, 0.15) is 98.1 Å². The number of anilines is 1. The third-order valence-corrected chi connectivity index (χ3v) is 9.79. The number of para-hydroxylation sites is 1. The zero-order valence-corrected chi connectivity index (χ0v) is 29.0. The van der Waals surface area contributed by atoms with E-state index in [0.29, 0.717) is 31.0 Å². The molecular weight excluding hydrogens is 582 g/mol. The third kappa shape index (κ3) is 9.03. The van der Waals surface area contributed by atoms with Crippen molar-refractivity contribution in [2.75, 3.05) is 32.6 Å². The number of benzene rings is 2. The van der Waals surface area contributed by atoms with Gasteiger partial charge in [-0.1, -0.05) is 71.2 Å². The Bertz CT molecular complexity index is 1400. The fourth-order valence-corrected chi connectivity index (χ4v) is 7.14. The molecule has 45 heavy (non-hydrogen) atoms. The average molecular weight is 634 g/mol. The molecule has 1 aromatic heterocycles. The fraction of sp³-hybridized carbons (Fsp3) is 0.514. The molecule has 0 radical (unpaired) electrons. The lowest BCUT2D eigenvalue weighted by Crippen LogP contribution is -2.50. The lowest BCUT2D eigenvalue weighted by Gasteiger charge is -2.36. The minimum absolute atomic E-state index is 0.0353. The second-order valence-electron chi connectivity index (χ2n) is 12.7. The van der Waals surface area contributed by atoms with Crippen molar-refractivity contribution in [2.45, 2.75) is 97.6 Å². The number of nitrogens with one attached hydrogen (secondary N) is 1. The van der Waals surface area contributed by atoms with E-state index in [4.69, 9.17) is 9.47 Å². The van der Waals surface area contributed by atoms with Gasteiger partial charge >= 0.3 is 6.03 Å². The summed E-state index contributed by atoms with van der Waals surface area (Å²) < 4.78 is 10.9. The van der Waals surface area contributed by atoms with Crippen LogP contribution in [0.4, 0.5) is 10.5 Å². The molecule has 0 spiro atoms. The molecule has 0 unspecified atom stereocenters. The number of carbonyl (C=O) groups excluding carboxylic acids is 2.